The molecule has 0 unspecified atom stereocenters. The van der Waals surface area contributed by atoms with Crippen molar-refractivity contribution in [1.82, 2.24) is 35.6 Å². The van der Waals surface area contributed by atoms with E-state index in [4.69, 9.17) is 18.9 Å². The number of anilines is 1. The molecule has 544 valence electrons. The van der Waals surface area contributed by atoms with Crippen LogP contribution in [0.2, 0.25) is 0 Å². The fraction of sp³-hybridized carbons (Fsp3) is 0.456. The lowest BCUT2D eigenvalue weighted by Gasteiger charge is -2.36. The second-order valence-electron chi connectivity index (χ2n) is 27.5. The van der Waals surface area contributed by atoms with E-state index in [1.165, 1.54) is 48.8 Å². The molecule has 0 saturated carbocycles. The highest BCUT2D eigenvalue weighted by molar-refractivity contribution is 6.38. The van der Waals surface area contributed by atoms with Gasteiger partial charge in [-0.3, -0.25) is 43.2 Å². The van der Waals surface area contributed by atoms with Crippen molar-refractivity contribution in [2.45, 2.75) is 167 Å². The van der Waals surface area contributed by atoms with Crippen LogP contribution in [0.4, 0.5) is 5.69 Å². The number of allylic oxidation sites excluding steroid dienone is 1. The molecular formula is C79H98N8O15. The Balaban J connectivity index is 1.07. The Hall–Kier alpha value is -10.2. The molecule has 102 heavy (non-hydrogen) atoms. The summed E-state index contributed by atoms with van der Waals surface area (Å²) in [5.41, 5.74) is 2.79. The second kappa shape index (κ2) is 37.5. The van der Waals surface area contributed by atoms with E-state index in [0.717, 1.165) is 16.7 Å². The van der Waals surface area contributed by atoms with Gasteiger partial charge < -0.3 is 59.8 Å². The van der Waals surface area contributed by atoms with E-state index in [1.807, 2.05) is 68.4 Å². The summed E-state index contributed by atoms with van der Waals surface area (Å²) in [4.78, 5) is 162. The maximum absolute atomic E-state index is 15.4. The first kappa shape index (κ1) is 77.5. The number of likely N-dealkylation sites (N-methyl/N-ethyl adjacent to an activating group) is 2. The van der Waals surface area contributed by atoms with Crippen LogP contribution in [-0.2, 0) is 88.0 Å². The highest BCUT2D eigenvalue weighted by Gasteiger charge is 2.44. The number of ether oxygens (including phenoxy) is 4. The summed E-state index contributed by atoms with van der Waals surface area (Å²) in [6.45, 7) is 7.28. The number of nitrogens with one attached hydrogen (secondary N) is 4. The molecule has 0 radical (unpaired) electrons. The molecule has 23 heteroatoms. The number of fused-ring (bicyclic) bond motifs is 4. The van der Waals surface area contributed by atoms with Crippen molar-refractivity contribution < 1.29 is 71.7 Å². The SMILES string of the molecule is COc1ccc(CC[C@H]2OC(=O)[C@@H]3CCCCN3C(=O)C(=O)C(C)(C)COC(=O)/C=C/CCCCN(C)C(=O)[C@H](CC(C)C)N(C)C(=O)[C@H]3CCCN3C(=O)[C@H](Cc3ccc(CNC(=O)Cc4ccccc4)cc3)NC(=O)[C@H](c3ccccc3)NC(=O)CCC(=O)Nc3cccc2c3)cc1OC. The number of carbonyl (C=O) groups excluding carboxylic acids is 11. The summed E-state index contributed by atoms with van der Waals surface area (Å²) in [5, 5.41) is 11.6. The van der Waals surface area contributed by atoms with Gasteiger partial charge in [-0.1, -0.05) is 123 Å². The molecule has 5 aromatic carbocycles. The van der Waals surface area contributed by atoms with Crippen LogP contribution in [0.1, 0.15) is 150 Å². The summed E-state index contributed by atoms with van der Waals surface area (Å²) in [5.74, 6) is -5.70. The van der Waals surface area contributed by atoms with E-state index in [-0.39, 0.29) is 82.3 Å². The number of Topliss-reactive ketones (excluding diaryl/α,β-unsaturated/α-hetero) is 1. The van der Waals surface area contributed by atoms with Crippen LogP contribution in [0.15, 0.2) is 140 Å². The molecule has 8 rings (SSSR count). The minimum atomic E-state index is -1.49. The maximum Gasteiger partial charge on any atom is 0.330 e. The molecule has 0 aliphatic carbocycles. The smallest absolute Gasteiger partial charge is 0.330 e. The molecule has 23 nitrogen and oxygen atoms in total. The van der Waals surface area contributed by atoms with Gasteiger partial charge in [0.05, 0.1) is 26.1 Å². The molecule has 4 N–H and O–H groups in total. The number of carbonyl (C=O) groups is 11. The van der Waals surface area contributed by atoms with Gasteiger partial charge in [0.15, 0.2) is 11.5 Å². The van der Waals surface area contributed by atoms with Gasteiger partial charge >= 0.3 is 11.9 Å². The summed E-state index contributed by atoms with van der Waals surface area (Å²) < 4.78 is 22.9. The average molecular weight is 1400 g/mol. The quantitative estimate of drug-likeness (QED) is 0.0597. The molecule has 6 atom stereocenters. The molecule has 2 bridgehead atoms. The number of ketones is 1. The van der Waals surface area contributed by atoms with Crippen LogP contribution in [0.3, 0.4) is 0 Å². The van der Waals surface area contributed by atoms with E-state index < -0.39 is 101 Å². The number of amides is 8. The third-order valence-electron chi connectivity index (χ3n) is 18.8. The number of rotatable bonds is 14. The molecular weight excluding hydrogens is 1300 g/mol. The number of nitrogens with zero attached hydrogens (tertiary/aromatic N) is 4. The van der Waals surface area contributed by atoms with Gasteiger partial charge in [-0.25, -0.2) is 9.59 Å². The van der Waals surface area contributed by atoms with Crippen LogP contribution in [0.5, 0.6) is 11.5 Å². The van der Waals surface area contributed by atoms with Crippen LogP contribution in [-0.4, -0.2) is 163 Å². The number of methoxy groups -OCH3 is 2. The molecule has 8 amide bonds. The van der Waals surface area contributed by atoms with Gasteiger partial charge in [-0.2, -0.15) is 0 Å². The molecule has 0 spiro atoms. The van der Waals surface area contributed by atoms with Crippen LogP contribution in [0, 0.1) is 11.3 Å². The lowest BCUT2D eigenvalue weighted by atomic mass is 9.87. The standard InChI is InChI=1S/C79H98N8O15/c1-52(2)45-63-75(95)84(5)42-19-10-9-17-31-70(91)101-51-79(3,4)72(92)77(97)87-43-20-18-29-62(87)78(98)102-64(38-36-55-37-39-65(99-7)66(47-55)100-8)58-27-21-28-59(49-58)81-67(88)40-41-68(89)83-71(57-25-15-12-16-26-57)73(93)82-60(74(94)86-44-22-30-61(86)76(96)85(63)6)46-54-32-34-56(35-33-54)50-80-69(90)48-53-23-13-11-14-24-53/h11-17,21,23-28,31-35,37,39,47,49,52,60-64,71H,9-10,18-20,22,29-30,36,38,40-46,48,50-51H2,1-8H3,(H,80,90)(H,81,88)(H,82,93)(H,83,89)/b31-17+/t60-,61+,62-,63-,64+,71-/m0/s1. The third kappa shape index (κ3) is 21.9. The maximum atomic E-state index is 15.4. The first-order valence-corrected chi connectivity index (χ1v) is 35.3. The zero-order valence-corrected chi connectivity index (χ0v) is 59.9. The first-order chi connectivity index (χ1) is 48.9. The van der Waals surface area contributed by atoms with E-state index in [9.17, 15) is 43.2 Å². The second-order valence-corrected chi connectivity index (χ2v) is 27.5. The number of piperidine rings is 1. The van der Waals surface area contributed by atoms with Crippen LogP contribution < -0.4 is 30.7 Å². The Bertz CT molecular complexity index is 3790. The van der Waals surface area contributed by atoms with Gasteiger partial charge in [0.25, 0.3) is 5.91 Å². The number of hydrogen-bond donors (Lipinski definition) is 4. The van der Waals surface area contributed by atoms with E-state index >= 15 is 9.59 Å². The van der Waals surface area contributed by atoms with Crippen molar-refractivity contribution in [3.8, 4) is 11.5 Å². The molecule has 2 fully saturated rings. The van der Waals surface area contributed by atoms with Gasteiger partial charge in [-0.15, -0.1) is 0 Å². The number of benzene rings is 5. The normalized spacial score (nSPS) is 22.0. The van der Waals surface area contributed by atoms with Crippen LogP contribution >= 0.6 is 0 Å². The first-order valence-electron chi connectivity index (χ1n) is 35.3. The van der Waals surface area contributed by atoms with E-state index in [0.29, 0.717) is 91.8 Å². The number of aryl methyl sites for hydroxylation is 1. The Morgan fingerprint density at radius 2 is 1.30 bits per heavy atom. The Labute approximate surface area is 597 Å². The van der Waals surface area contributed by atoms with Crippen molar-refractivity contribution in [2.75, 3.05) is 59.9 Å². The van der Waals surface area contributed by atoms with Gasteiger partial charge in [0, 0.05) is 71.3 Å². The zero-order chi connectivity index (χ0) is 73.5. The monoisotopic (exact) mass is 1400 g/mol. The number of cyclic esters (lactones) is 2. The highest BCUT2D eigenvalue weighted by atomic mass is 16.5. The predicted octanol–water partition coefficient (Wildman–Crippen LogP) is 8.67. The Morgan fingerprint density at radius 3 is 2.02 bits per heavy atom. The topological polar surface area (TPSA) is 286 Å². The van der Waals surface area contributed by atoms with Crippen molar-refractivity contribution in [3.05, 3.63) is 173 Å². The number of hydrogen-bond acceptors (Lipinski definition) is 15. The van der Waals surface area contributed by atoms with Crippen molar-refractivity contribution >= 4 is 70.7 Å². The fourth-order valence-electron chi connectivity index (χ4n) is 12.9. The van der Waals surface area contributed by atoms with Gasteiger partial charge in [0.1, 0.15) is 42.9 Å². The van der Waals surface area contributed by atoms with E-state index in [2.05, 4.69) is 21.3 Å². The fourth-order valence-corrected chi connectivity index (χ4v) is 12.9. The zero-order valence-electron chi connectivity index (χ0n) is 59.9. The lowest BCUT2D eigenvalue weighted by molar-refractivity contribution is -0.165. The predicted molar refractivity (Wildman–Crippen MR) is 383 cm³/mol. The highest BCUT2D eigenvalue weighted by Crippen LogP contribution is 2.34. The van der Waals surface area contributed by atoms with E-state index in [1.54, 1.807) is 97.9 Å². The molecule has 3 aliphatic rings. The molecule has 5 aromatic rings. The summed E-state index contributed by atoms with van der Waals surface area (Å²) in [7, 11) is 6.28. The minimum Gasteiger partial charge on any atom is -0.493 e. The average Bonchev–Trinajstić information content (AvgIpc) is 1.50. The summed E-state index contributed by atoms with van der Waals surface area (Å²) in [6.07, 6.45) is 5.82. The largest absolute Gasteiger partial charge is 0.493 e. The molecule has 3 heterocycles. The van der Waals surface area contributed by atoms with Crippen molar-refractivity contribution in [3.63, 3.8) is 0 Å². The molecule has 2 saturated heterocycles. The Kier molecular flexibility index (Phi) is 28.5. The summed E-state index contributed by atoms with van der Waals surface area (Å²) >= 11 is 0. The number of esters is 2. The lowest BCUT2D eigenvalue weighted by Crippen LogP contribution is -2.58. The van der Waals surface area contributed by atoms with Crippen molar-refractivity contribution in [2.24, 2.45) is 11.3 Å². The Morgan fingerprint density at radius 1 is 0.647 bits per heavy atom. The minimum absolute atomic E-state index is 0.0165. The molecule has 3 aliphatic heterocycles. The van der Waals surface area contributed by atoms with Gasteiger partial charge in [-0.05, 0) is 148 Å². The third-order valence-corrected chi connectivity index (χ3v) is 18.8. The summed E-state index contributed by atoms with van der Waals surface area (Å²) in [6, 6.07) is 31.5. The van der Waals surface area contributed by atoms with Crippen molar-refractivity contribution in [1.29, 1.82) is 0 Å². The van der Waals surface area contributed by atoms with Crippen LogP contribution in [0.25, 0.3) is 0 Å². The molecule has 0 aromatic heterocycles. The van der Waals surface area contributed by atoms with Gasteiger partial charge in [0.2, 0.25) is 47.1 Å².